The fraction of sp³-hybridized carbons (Fsp3) is 0.200. The lowest BCUT2D eigenvalue weighted by molar-refractivity contribution is -0.116. The molecule has 2 amide bonds. The van der Waals surface area contributed by atoms with Gasteiger partial charge in [-0.15, -0.1) is 10.2 Å². The van der Waals surface area contributed by atoms with Crippen LogP contribution >= 0.6 is 27.7 Å². The highest BCUT2D eigenvalue weighted by atomic mass is 79.9. The molecule has 0 aliphatic carbocycles. The maximum absolute atomic E-state index is 12.4. The Balaban J connectivity index is 1.56. The molecule has 0 saturated carbocycles. The number of methoxy groups -OCH3 is 1. The Labute approximate surface area is 186 Å². The fourth-order valence-electron chi connectivity index (χ4n) is 2.59. The number of amides is 2. The van der Waals surface area contributed by atoms with Crippen molar-refractivity contribution in [1.29, 1.82) is 0 Å². The molecule has 0 spiro atoms. The van der Waals surface area contributed by atoms with E-state index in [1.54, 1.807) is 30.9 Å². The summed E-state index contributed by atoms with van der Waals surface area (Å²) in [5.74, 6) is 0.844. The summed E-state index contributed by atoms with van der Waals surface area (Å²) in [4.78, 5) is 24.6. The Morgan fingerprint density at radius 3 is 2.43 bits per heavy atom. The molecule has 0 bridgehead atoms. The largest absolute Gasteiger partial charge is 0.495 e. The highest BCUT2D eigenvalue weighted by Crippen LogP contribution is 2.24. The van der Waals surface area contributed by atoms with Gasteiger partial charge in [0, 0.05) is 11.5 Å². The van der Waals surface area contributed by atoms with Gasteiger partial charge in [0.1, 0.15) is 11.6 Å². The van der Waals surface area contributed by atoms with Crippen LogP contribution in [0.4, 0.5) is 11.4 Å². The second-order valence-corrected chi connectivity index (χ2v) is 8.00. The van der Waals surface area contributed by atoms with Crippen molar-refractivity contribution in [2.75, 3.05) is 23.5 Å². The second-order valence-electron chi connectivity index (χ2n) is 6.20. The van der Waals surface area contributed by atoms with Crippen LogP contribution in [0.1, 0.15) is 5.82 Å². The minimum absolute atomic E-state index is 0.0469. The van der Waals surface area contributed by atoms with Gasteiger partial charge < -0.3 is 19.9 Å². The van der Waals surface area contributed by atoms with Crippen LogP contribution in [0.25, 0.3) is 0 Å². The molecule has 0 unspecified atom stereocenters. The molecule has 1 aromatic heterocycles. The van der Waals surface area contributed by atoms with Gasteiger partial charge in [-0.2, -0.15) is 0 Å². The molecular weight excluding hydrogens is 470 g/mol. The highest BCUT2D eigenvalue weighted by molar-refractivity contribution is 9.10. The number of ether oxygens (including phenoxy) is 1. The topological polar surface area (TPSA) is 98.1 Å². The number of thioether (sulfide) groups is 1. The number of rotatable bonds is 8. The molecule has 1 heterocycles. The number of nitrogens with zero attached hydrogens (tertiary/aromatic N) is 3. The molecule has 2 aromatic carbocycles. The number of carbonyl (C=O) groups is 2. The van der Waals surface area contributed by atoms with Crippen LogP contribution in [0.3, 0.4) is 0 Å². The van der Waals surface area contributed by atoms with Gasteiger partial charge in [0.15, 0.2) is 5.16 Å². The van der Waals surface area contributed by atoms with E-state index in [1.807, 2.05) is 36.4 Å². The number of benzene rings is 2. The van der Waals surface area contributed by atoms with Crippen molar-refractivity contribution in [2.45, 2.75) is 11.6 Å². The minimum atomic E-state index is -0.238. The van der Waals surface area contributed by atoms with E-state index in [2.05, 4.69) is 36.8 Å². The summed E-state index contributed by atoms with van der Waals surface area (Å²) in [5.41, 5.74) is 1.29. The van der Waals surface area contributed by atoms with Crippen molar-refractivity contribution >= 4 is 50.9 Å². The number of hydrogen-bond acceptors (Lipinski definition) is 6. The van der Waals surface area contributed by atoms with Gasteiger partial charge in [-0.25, -0.2) is 0 Å². The molecule has 0 aliphatic rings. The predicted molar refractivity (Wildman–Crippen MR) is 120 cm³/mol. The summed E-state index contributed by atoms with van der Waals surface area (Å²) < 4.78 is 7.75. The van der Waals surface area contributed by atoms with Crippen molar-refractivity contribution in [3.63, 3.8) is 0 Å². The number of anilines is 2. The third kappa shape index (κ3) is 5.61. The number of nitrogens with one attached hydrogen (secondary N) is 2. The van der Waals surface area contributed by atoms with E-state index in [9.17, 15) is 9.59 Å². The summed E-state index contributed by atoms with van der Waals surface area (Å²) in [6.07, 6.45) is 0.0469. The smallest absolute Gasteiger partial charge is 0.234 e. The molecule has 0 radical (unpaired) electrons. The summed E-state index contributed by atoms with van der Waals surface area (Å²) in [7, 11) is 3.31. The lowest BCUT2D eigenvalue weighted by Gasteiger charge is -2.09. The van der Waals surface area contributed by atoms with Gasteiger partial charge in [-0.05, 0) is 40.2 Å². The molecule has 3 aromatic rings. The maximum atomic E-state index is 12.4. The average Bonchev–Trinajstić information content (AvgIpc) is 3.08. The first-order valence-corrected chi connectivity index (χ1v) is 10.7. The Hall–Kier alpha value is -2.85. The molecule has 3 rings (SSSR count). The van der Waals surface area contributed by atoms with Crippen LogP contribution in [0.5, 0.6) is 5.75 Å². The number of aromatic nitrogens is 3. The first-order valence-electron chi connectivity index (χ1n) is 8.96. The van der Waals surface area contributed by atoms with Crippen molar-refractivity contribution in [1.82, 2.24) is 14.8 Å². The van der Waals surface area contributed by atoms with Crippen LogP contribution in [0.15, 0.2) is 58.2 Å². The molecule has 156 valence electrons. The van der Waals surface area contributed by atoms with Gasteiger partial charge in [-0.1, -0.05) is 36.0 Å². The standard InChI is InChI=1S/C20H20BrN5O3S/c1-26-17(11-18(27)23-15-9-5-6-10-16(15)29-2)24-25-20(26)30-12-19(28)22-14-8-4-3-7-13(14)21/h3-10H,11-12H2,1-2H3,(H,22,28)(H,23,27). The van der Waals surface area contributed by atoms with Gasteiger partial charge >= 0.3 is 0 Å². The lowest BCUT2D eigenvalue weighted by atomic mass is 10.2. The Kier molecular flexibility index (Phi) is 7.47. The molecule has 10 heteroatoms. The van der Waals surface area contributed by atoms with Crippen molar-refractivity contribution in [3.05, 3.63) is 58.8 Å². The molecule has 0 aliphatic heterocycles. The van der Waals surface area contributed by atoms with Crippen LogP contribution in [0, 0.1) is 0 Å². The molecule has 0 fully saturated rings. The quantitative estimate of drug-likeness (QED) is 0.469. The first-order chi connectivity index (χ1) is 14.5. The number of hydrogen-bond donors (Lipinski definition) is 2. The minimum Gasteiger partial charge on any atom is -0.495 e. The molecule has 8 nitrogen and oxygen atoms in total. The predicted octanol–water partition coefficient (Wildman–Crippen LogP) is 3.50. The third-order valence-corrected chi connectivity index (χ3v) is 5.82. The van der Waals surface area contributed by atoms with Gasteiger partial charge in [-0.3, -0.25) is 9.59 Å². The number of carbonyl (C=O) groups excluding carboxylic acids is 2. The van der Waals surface area contributed by atoms with E-state index in [-0.39, 0.29) is 24.0 Å². The van der Waals surface area contributed by atoms with Gasteiger partial charge in [0.05, 0.1) is 30.7 Å². The Bertz CT molecular complexity index is 1060. The SMILES string of the molecule is COc1ccccc1NC(=O)Cc1nnc(SCC(=O)Nc2ccccc2Br)n1C. The summed E-state index contributed by atoms with van der Waals surface area (Å²) in [5, 5.41) is 14.4. The van der Waals surface area contributed by atoms with Crippen LogP contribution in [-0.2, 0) is 23.1 Å². The van der Waals surface area contributed by atoms with E-state index < -0.39 is 0 Å². The maximum Gasteiger partial charge on any atom is 0.234 e. The Morgan fingerprint density at radius 1 is 1.03 bits per heavy atom. The zero-order chi connectivity index (χ0) is 21.5. The van der Waals surface area contributed by atoms with Gasteiger partial charge in [0.25, 0.3) is 0 Å². The summed E-state index contributed by atoms with van der Waals surface area (Å²) in [6.45, 7) is 0. The lowest BCUT2D eigenvalue weighted by Crippen LogP contribution is -2.17. The highest BCUT2D eigenvalue weighted by Gasteiger charge is 2.16. The van der Waals surface area contributed by atoms with Gasteiger partial charge in [0.2, 0.25) is 11.8 Å². The van der Waals surface area contributed by atoms with Crippen LogP contribution in [0.2, 0.25) is 0 Å². The molecular formula is C20H20BrN5O3S. The van der Waals surface area contributed by atoms with Crippen molar-refractivity contribution < 1.29 is 14.3 Å². The molecule has 30 heavy (non-hydrogen) atoms. The van der Waals surface area contributed by atoms with Crippen LogP contribution in [-0.4, -0.2) is 39.4 Å². The number of halogens is 1. The van der Waals surface area contributed by atoms with E-state index in [0.717, 1.165) is 4.47 Å². The normalized spacial score (nSPS) is 10.5. The molecule has 0 atom stereocenters. The fourth-order valence-corrected chi connectivity index (χ4v) is 3.70. The first kappa shape index (κ1) is 21.8. The molecule has 0 saturated heterocycles. The number of para-hydroxylation sites is 3. The summed E-state index contributed by atoms with van der Waals surface area (Å²) >= 11 is 4.65. The van der Waals surface area contributed by atoms with Crippen molar-refractivity contribution in [3.8, 4) is 5.75 Å². The van der Waals surface area contributed by atoms with Crippen molar-refractivity contribution in [2.24, 2.45) is 7.05 Å². The van der Waals surface area contributed by atoms with E-state index in [1.165, 1.54) is 11.8 Å². The molecule has 2 N–H and O–H groups in total. The summed E-state index contributed by atoms with van der Waals surface area (Å²) in [6, 6.07) is 14.6. The zero-order valence-electron chi connectivity index (χ0n) is 16.4. The van der Waals surface area contributed by atoms with E-state index in [4.69, 9.17) is 4.74 Å². The zero-order valence-corrected chi connectivity index (χ0v) is 18.8. The van der Waals surface area contributed by atoms with E-state index >= 15 is 0 Å². The van der Waals surface area contributed by atoms with Crippen LogP contribution < -0.4 is 15.4 Å². The third-order valence-electron chi connectivity index (χ3n) is 4.11. The monoisotopic (exact) mass is 489 g/mol. The Morgan fingerprint density at radius 2 is 1.70 bits per heavy atom. The van der Waals surface area contributed by atoms with E-state index in [0.29, 0.717) is 28.1 Å². The average molecular weight is 490 g/mol. The second kappa shape index (κ2) is 10.3.